The van der Waals surface area contributed by atoms with Crippen LogP contribution in [0.1, 0.15) is 6.42 Å². The number of methoxy groups -OCH3 is 1. The highest BCUT2D eigenvalue weighted by molar-refractivity contribution is 5.77. The molecular formula is C22H20FN7O. The van der Waals surface area contributed by atoms with Crippen molar-refractivity contribution in [2.45, 2.75) is 13.0 Å². The third-order valence-electron chi connectivity index (χ3n) is 4.52. The molecule has 2 heterocycles. The summed E-state index contributed by atoms with van der Waals surface area (Å²) in [5.41, 5.74) is 7.58. The lowest BCUT2D eigenvalue weighted by atomic mass is 10.3. The average Bonchev–Trinajstić information content (AvgIpc) is 3.12. The van der Waals surface area contributed by atoms with Crippen molar-refractivity contribution in [2.75, 3.05) is 17.7 Å². The van der Waals surface area contributed by atoms with Crippen LogP contribution >= 0.6 is 0 Å². The number of anilines is 4. The predicted molar refractivity (Wildman–Crippen MR) is 118 cm³/mol. The summed E-state index contributed by atoms with van der Waals surface area (Å²) in [5, 5.41) is 6.20. The number of rotatable bonds is 7. The van der Waals surface area contributed by atoms with Gasteiger partial charge in [0.1, 0.15) is 17.1 Å². The van der Waals surface area contributed by atoms with Gasteiger partial charge in [0.05, 0.1) is 19.0 Å². The summed E-state index contributed by atoms with van der Waals surface area (Å²) < 4.78 is 21.1. The van der Waals surface area contributed by atoms with Crippen LogP contribution < -0.4 is 21.1 Å². The van der Waals surface area contributed by atoms with Gasteiger partial charge < -0.3 is 21.1 Å². The topological polar surface area (TPSA) is 103 Å². The number of aromatic nitrogens is 4. The van der Waals surface area contributed by atoms with Crippen LogP contribution in [0.15, 0.2) is 54.7 Å². The van der Waals surface area contributed by atoms with Crippen LogP contribution in [0.4, 0.5) is 27.7 Å². The minimum Gasteiger partial charge on any atom is -0.497 e. The number of aryl methyl sites for hydroxylation is 1. The van der Waals surface area contributed by atoms with E-state index in [0.29, 0.717) is 41.7 Å². The van der Waals surface area contributed by atoms with Crippen molar-refractivity contribution in [1.29, 1.82) is 0 Å². The molecule has 0 spiro atoms. The number of fused-ring (bicyclic) bond motifs is 1. The number of ether oxygens (including phenoxy) is 1. The summed E-state index contributed by atoms with van der Waals surface area (Å²) >= 11 is 0. The minimum absolute atomic E-state index is 0.313. The Labute approximate surface area is 178 Å². The molecule has 9 heteroatoms. The van der Waals surface area contributed by atoms with E-state index in [2.05, 4.69) is 37.6 Å². The number of halogens is 1. The number of hydrogen-bond acceptors (Lipinski definition) is 7. The first-order chi connectivity index (χ1) is 15.2. The number of para-hydroxylation sites is 1. The van der Waals surface area contributed by atoms with Crippen LogP contribution in [0.25, 0.3) is 11.2 Å². The first-order valence-corrected chi connectivity index (χ1v) is 9.52. The second kappa shape index (κ2) is 9.00. The highest BCUT2D eigenvalue weighted by Gasteiger charge is 2.15. The number of nitrogens with zero attached hydrogens (tertiary/aromatic N) is 4. The molecule has 0 aliphatic rings. The fourth-order valence-electron chi connectivity index (χ4n) is 3.01. The zero-order valence-electron chi connectivity index (χ0n) is 16.8. The monoisotopic (exact) mass is 417 g/mol. The van der Waals surface area contributed by atoms with Gasteiger partial charge in [0.15, 0.2) is 5.65 Å². The third-order valence-corrected chi connectivity index (χ3v) is 4.52. The lowest BCUT2D eigenvalue weighted by molar-refractivity contribution is 0.415. The standard InChI is InChI=1S/C22H20FN7O/c1-31-16-10-8-15(9-11-16)26-21-25-14-19-20(29-21)30(13-5-4-12-24)22(28-19)27-18-7-3-2-6-17(18)23/h2-3,6-11,14H,5,13,24H2,1H3,(H,27,28)(H,25,26,29). The summed E-state index contributed by atoms with van der Waals surface area (Å²) in [5.74, 6) is 4.04. The van der Waals surface area contributed by atoms with E-state index in [1.807, 2.05) is 28.8 Å². The third kappa shape index (κ3) is 4.48. The second-order valence-corrected chi connectivity index (χ2v) is 6.52. The number of imidazole rings is 1. The fraction of sp³-hybridized carbons (Fsp3) is 0.136. The first kappa shape index (κ1) is 20.0. The summed E-state index contributed by atoms with van der Waals surface area (Å²) in [6.45, 7) is 0.469. The molecule has 31 heavy (non-hydrogen) atoms. The van der Waals surface area contributed by atoms with Gasteiger partial charge in [-0.2, -0.15) is 4.98 Å². The first-order valence-electron chi connectivity index (χ1n) is 9.52. The maximum atomic E-state index is 14.1. The van der Waals surface area contributed by atoms with Crippen LogP contribution in [-0.4, -0.2) is 26.6 Å². The van der Waals surface area contributed by atoms with E-state index >= 15 is 0 Å². The molecule has 0 aliphatic carbocycles. The lowest BCUT2D eigenvalue weighted by Gasteiger charge is -2.10. The molecule has 4 N–H and O–H groups in total. The molecule has 0 atom stereocenters. The van der Waals surface area contributed by atoms with Crippen LogP contribution in [0, 0.1) is 17.8 Å². The Balaban J connectivity index is 1.69. The lowest BCUT2D eigenvalue weighted by Crippen LogP contribution is -2.06. The van der Waals surface area contributed by atoms with E-state index in [0.717, 1.165) is 11.4 Å². The van der Waals surface area contributed by atoms with Crippen molar-refractivity contribution in [3.8, 4) is 17.7 Å². The average molecular weight is 417 g/mol. The molecule has 0 radical (unpaired) electrons. The molecule has 4 aromatic rings. The van der Waals surface area contributed by atoms with Crippen LogP contribution in [0.2, 0.25) is 0 Å². The minimum atomic E-state index is -0.379. The Morgan fingerprint density at radius 3 is 2.65 bits per heavy atom. The highest BCUT2D eigenvalue weighted by Crippen LogP contribution is 2.25. The van der Waals surface area contributed by atoms with Crippen molar-refractivity contribution in [1.82, 2.24) is 19.5 Å². The number of hydrogen-bond donors (Lipinski definition) is 3. The maximum absolute atomic E-state index is 14.1. The van der Waals surface area contributed by atoms with Gasteiger partial charge in [-0.25, -0.2) is 14.4 Å². The molecule has 2 aromatic heterocycles. The van der Waals surface area contributed by atoms with Crippen molar-refractivity contribution in [3.05, 3.63) is 60.5 Å². The molecule has 0 saturated carbocycles. The fourth-order valence-corrected chi connectivity index (χ4v) is 3.01. The van der Waals surface area contributed by atoms with E-state index in [1.165, 1.54) is 6.07 Å². The molecule has 4 rings (SSSR count). The SMILES string of the molecule is COc1ccc(Nc2ncc3nc(Nc4ccccc4F)n(CCC#CN)c3n2)cc1. The van der Waals surface area contributed by atoms with Gasteiger partial charge in [0, 0.05) is 24.7 Å². The molecule has 0 unspecified atom stereocenters. The number of nitrogens with one attached hydrogen (secondary N) is 2. The summed E-state index contributed by atoms with van der Waals surface area (Å²) in [6.07, 6.45) is 2.10. The molecular weight excluding hydrogens is 397 g/mol. The van der Waals surface area contributed by atoms with Crippen molar-refractivity contribution in [3.63, 3.8) is 0 Å². The van der Waals surface area contributed by atoms with Gasteiger partial charge in [0.2, 0.25) is 11.9 Å². The number of nitrogens with two attached hydrogens (primary N) is 1. The predicted octanol–water partition coefficient (Wildman–Crippen LogP) is 3.77. The Morgan fingerprint density at radius 2 is 1.90 bits per heavy atom. The maximum Gasteiger partial charge on any atom is 0.229 e. The van der Waals surface area contributed by atoms with Gasteiger partial charge in [-0.05, 0) is 36.4 Å². The molecule has 0 bridgehead atoms. The second-order valence-electron chi connectivity index (χ2n) is 6.52. The van der Waals surface area contributed by atoms with Gasteiger partial charge in [-0.1, -0.05) is 18.1 Å². The zero-order valence-corrected chi connectivity index (χ0v) is 16.8. The van der Waals surface area contributed by atoms with Crippen molar-refractivity contribution >= 4 is 34.4 Å². The normalized spacial score (nSPS) is 10.4. The van der Waals surface area contributed by atoms with Crippen molar-refractivity contribution < 1.29 is 9.13 Å². The summed E-state index contributed by atoms with van der Waals surface area (Å²) in [7, 11) is 1.61. The molecule has 0 fully saturated rings. The largest absolute Gasteiger partial charge is 0.497 e. The summed E-state index contributed by atoms with van der Waals surface area (Å²) in [6, 6.07) is 16.2. The smallest absolute Gasteiger partial charge is 0.229 e. The Morgan fingerprint density at radius 1 is 1.10 bits per heavy atom. The Hall–Kier alpha value is -4.32. The zero-order chi connectivity index (χ0) is 21.6. The summed E-state index contributed by atoms with van der Waals surface area (Å²) in [4.78, 5) is 13.5. The Bertz CT molecular complexity index is 1260. The van der Waals surface area contributed by atoms with E-state index in [4.69, 9.17) is 10.5 Å². The van der Waals surface area contributed by atoms with Crippen LogP contribution in [0.5, 0.6) is 5.75 Å². The quantitative estimate of drug-likeness (QED) is 0.311. The number of benzene rings is 2. The molecule has 0 saturated heterocycles. The Kier molecular flexibility index (Phi) is 5.80. The van der Waals surface area contributed by atoms with Gasteiger partial charge in [-0.3, -0.25) is 4.57 Å². The van der Waals surface area contributed by atoms with E-state index in [1.54, 1.807) is 31.5 Å². The van der Waals surface area contributed by atoms with Crippen molar-refractivity contribution in [2.24, 2.45) is 5.73 Å². The molecule has 8 nitrogen and oxygen atoms in total. The van der Waals surface area contributed by atoms with Gasteiger partial charge in [-0.15, -0.1) is 0 Å². The molecule has 2 aromatic carbocycles. The molecule has 0 amide bonds. The van der Waals surface area contributed by atoms with Crippen LogP contribution in [-0.2, 0) is 6.54 Å². The highest BCUT2D eigenvalue weighted by atomic mass is 19.1. The van der Waals surface area contributed by atoms with E-state index in [9.17, 15) is 4.39 Å². The molecule has 0 aliphatic heterocycles. The van der Waals surface area contributed by atoms with Gasteiger partial charge in [0.25, 0.3) is 0 Å². The van der Waals surface area contributed by atoms with Gasteiger partial charge >= 0.3 is 0 Å². The van der Waals surface area contributed by atoms with E-state index < -0.39 is 0 Å². The van der Waals surface area contributed by atoms with Crippen LogP contribution in [0.3, 0.4) is 0 Å². The van der Waals surface area contributed by atoms with E-state index in [-0.39, 0.29) is 5.82 Å². The molecule has 156 valence electrons.